The summed E-state index contributed by atoms with van der Waals surface area (Å²) in [6, 6.07) is 2.71. The van der Waals surface area contributed by atoms with Gasteiger partial charge in [0.1, 0.15) is 33.9 Å². The highest BCUT2D eigenvalue weighted by molar-refractivity contribution is 7.19. The smallest absolute Gasteiger partial charge is 0.277 e. The fraction of sp³-hybridized carbons (Fsp3) is 0.350. The van der Waals surface area contributed by atoms with Gasteiger partial charge in [-0.3, -0.25) is 9.48 Å². The molecule has 1 saturated heterocycles. The molecule has 3 heterocycles. The number of rotatable bonds is 4. The molecule has 0 bridgehead atoms. The Balaban J connectivity index is 1.60. The van der Waals surface area contributed by atoms with Crippen LogP contribution in [0, 0.1) is 11.6 Å². The molecule has 8 nitrogen and oxygen atoms in total. The van der Waals surface area contributed by atoms with E-state index in [-0.39, 0.29) is 40.7 Å². The molecule has 32 heavy (non-hydrogen) atoms. The number of hydrogen-bond donors (Lipinski definition) is 3. The van der Waals surface area contributed by atoms with Gasteiger partial charge in [0.25, 0.3) is 5.91 Å². The SMILES string of the molecule is Cn1ncc(NC(=O)c2nc(-c3c(F)cccc3F)sc2N)c1[C@@H]1C[C@@H](N)[C@@H](F)CCO1. The van der Waals surface area contributed by atoms with Gasteiger partial charge in [0.05, 0.1) is 29.7 Å². The average Bonchev–Trinajstić information content (AvgIpc) is 3.24. The molecule has 0 radical (unpaired) electrons. The summed E-state index contributed by atoms with van der Waals surface area (Å²) in [5.41, 5.74) is 12.1. The van der Waals surface area contributed by atoms with Crippen LogP contribution in [0.3, 0.4) is 0 Å². The van der Waals surface area contributed by atoms with Gasteiger partial charge in [-0.1, -0.05) is 17.4 Å². The Bertz CT molecular complexity index is 1130. The maximum atomic E-state index is 14.1. The van der Waals surface area contributed by atoms with Gasteiger partial charge >= 0.3 is 0 Å². The summed E-state index contributed by atoms with van der Waals surface area (Å²) in [4.78, 5) is 16.9. The van der Waals surface area contributed by atoms with Gasteiger partial charge in [0.15, 0.2) is 5.69 Å². The van der Waals surface area contributed by atoms with Crippen LogP contribution in [0.1, 0.15) is 35.1 Å². The zero-order valence-corrected chi connectivity index (χ0v) is 17.8. The summed E-state index contributed by atoms with van der Waals surface area (Å²) in [7, 11) is 1.66. The number of nitrogens with one attached hydrogen (secondary N) is 1. The van der Waals surface area contributed by atoms with Crippen LogP contribution in [0.2, 0.25) is 0 Å². The quantitative estimate of drug-likeness (QED) is 0.543. The van der Waals surface area contributed by atoms with E-state index in [1.54, 1.807) is 7.05 Å². The number of hydrogen-bond acceptors (Lipinski definition) is 7. The third kappa shape index (κ3) is 4.20. The van der Waals surface area contributed by atoms with Crippen LogP contribution in [-0.4, -0.2) is 39.5 Å². The van der Waals surface area contributed by atoms with Gasteiger partial charge in [-0.25, -0.2) is 18.2 Å². The number of aromatic nitrogens is 3. The number of nitrogen functional groups attached to an aromatic ring is 1. The molecule has 0 aliphatic carbocycles. The largest absolute Gasteiger partial charge is 0.389 e. The van der Waals surface area contributed by atoms with E-state index < -0.39 is 35.9 Å². The van der Waals surface area contributed by atoms with Crippen LogP contribution in [0.5, 0.6) is 0 Å². The number of ether oxygens (including phenoxy) is 1. The monoisotopic (exact) mass is 466 g/mol. The van der Waals surface area contributed by atoms with Gasteiger partial charge in [-0.15, -0.1) is 0 Å². The minimum Gasteiger partial charge on any atom is -0.389 e. The Morgan fingerprint density at radius 2 is 2.06 bits per heavy atom. The zero-order chi connectivity index (χ0) is 23.0. The third-order valence-electron chi connectivity index (χ3n) is 5.25. The van der Waals surface area contributed by atoms with E-state index >= 15 is 0 Å². The topological polar surface area (TPSA) is 121 Å². The number of carbonyl (C=O) groups excluding carboxylic acids is 1. The summed E-state index contributed by atoms with van der Waals surface area (Å²) < 4.78 is 49.4. The van der Waals surface area contributed by atoms with Crippen molar-refractivity contribution in [2.75, 3.05) is 17.7 Å². The lowest BCUT2D eigenvalue weighted by molar-refractivity contribution is 0.0509. The molecule has 0 spiro atoms. The highest BCUT2D eigenvalue weighted by Gasteiger charge is 2.31. The van der Waals surface area contributed by atoms with E-state index in [0.29, 0.717) is 11.4 Å². The normalized spacial score (nSPS) is 21.3. The highest BCUT2D eigenvalue weighted by Crippen LogP contribution is 2.35. The second kappa shape index (κ2) is 8.88. The lowest BCUT2D eigenvalue weighted by atomic mass is 10.0. The van der Waals surface area contributed by atoms with Crippen molar-refractivity contribution in [1.29, 1.82) is 0 Å². The van der Waals surface area contributed by atoms with Crippen molar-refractivity contribution in [2.45, 2.75) is 31.2 Å². The number of benzene rings is 1. The number of alkyl halides is 1. The summed E-state index contributed by atoms with van der Waals surface area (Å²) in [5.74, 6) is -2.31. The van der Waals surface area contributed by atoms with Crippen molar-refractivity contribution < 1.29 is 22.7 Å². The molecule has 4 rings (SSSR count). The average molecular weight is 466 g/mol. The maximum Gasteiger partial charge on any atom is 0.277 e. The first-order chi connectivity index (χ1) is 15.3. The highest BCUT2D eigenvalue weighted by atomic mass is 32.1. The van der Waals surface area contributed by atoms with Crippen LogP contribution in [0.15, 0.2) is 24.4 Å². The van der Waals surface area contributed by atoms with E-state index in [9.17, 15) is 18.0 Å². The van der Waals surface area contributed by atoms with Gasteiger partial charge in [-0.2, -0.15) is 5.10 Å². The second-order valence-electron chi connectivity index (χ2n) is 7.41. The molecule has 2 aromatic heterocycles. The summed E-state index contributed by atoms with van der Waals surface area (Å²) in [6.45, 7) is 0.175. The number of nitrogens with two attached hydrogens (primary N) is 2. The van der Waals surface area contributed by atoms with E-state index in [1.165, 1.54) is 16.9 Å². The van der Waals surface area contributed by atoms with Crippen LogP contribution >= 0.6 is 11.3 Å². The van der Waals surface area contributed by atoms with E-state index in [0.717, 1.165) is 23.5 Å². The standard InChI is InChI=1S/C20H21F3N6O2S/c1-29-17(14-7-12(24)9(21)5-6-31-14)13(8-26-29)27-19(30)16-18(25)32-20(28-16)15-10(22)3-2-4-11(15)23/h2-4,8-9,12,14H,5-7,24-25H2,1H3,(H,27,30)/t9-,12+,14-/m0/s1. The molecule has 5 N–H and O–H groups in total. The number of aryl methyl sites for hydroxylation is 1. The van der Waals surface area contributed by atoms with Crippen molar-refractivity contribution in [2.24, 2.45) is 12.8 Å². The lowest BCUT2D eigenvalue weighted by Gasteiger charge is -2.20. The first-order valence-corrected chi connectivity index (χ1v) is 10.6. The maximum absolute atomic E-state index is 14.1. The number of carbonyl (C=O) groups is 1. The first-order valence-electron chi connectivity index (χ1n) is 9.81. The van der Waals surface area contributed by atoms with Crippen molar-refractivity contribution in [1.82, 2.24) is 14.8 Å². The Morgan fingerprint density at radius 1 is 1.34 bits per heavy atom. The number of anilines is 2. The van der Waals surface area contributed by atoms with Gasteiger partial charge < -0.3 is 21.5 Å². The van der Waals surface area contributed by atoms with Crippen molar-refractivity contribution in [3.05, 3.63) is 47.4 Å². The Hall–Kier alpha value is -2.96. The predicted molar refractivity (Wildman–Crippen MR) is 114 cm³/mol. The van der Waals surface area contributed by atoms with Crippen LogP contribution < -0.4 is 16.8 Å². The molecule has 1 aromatic carbocycles. The third-order valence-corrected chi connectivity index (χ3v) is 6.15. The van der Waals surface area contributed by atoms with Gasteiger partial charge in [-0.05, 0) is 18.6 Å². The fourth-order valence-electron chi connectivity index (χ4n) is 3.60. The Morgan fingerprint density at radius 3 is 2.78 bits per heavy atom. The molecular weight excluding hydrogens is 445 g/mol. The zero-order valence-electron chi connectivity index (χ0n) is 17.0. The summed E-state index contributed by atoms with van der Waals surface area (Å²) in [5, 5.41) is 6.76. The molecule has 12 heteroatoms. The van der Waals surface area contributed by atoms with Crippen LogP contribution in [0.25, 0.3) is 10.6 Å². The van der Waals surface area contributed by atoms with E-state index in [1.807, 2.05) is 0 Å². The minimum absolute atomic E-state index is 0.00129. The molecule has 1 aliphatic heterocycles. The number of halogens is 3. The summed E-state index contributed by atoms with van der Waals surface area (Å²) in [6.07, 6.45) is 0.0451. The fourth-order valence-corrected chi connectivity index (χ4v) is 4.48. The van der Waals surface area contributed by atoms with E-state index in [4.69, 9.17) is 16.2 Å². The Kier molecular flexibility index (Phi) is 6.17. The molecule has 1 amide bonds. The summed E-state index contributed by atoms with van der Waals surface area (Å²) >= 11 is 0.798. The van der Waals surface area contributed by atoms with Gasteiger partial charge in [0.2, 0.25) is 0 Å². The number of nitrogens with zero attached hydrogens (tertiary/aromatic N) is 3. The molecule has 1 fully saturated rings. The van der Waals surface area contributed by atoms with Crippen LogP contribution in [0.4, 0.5) is 23.9 Å². The van der Waals surface area contributed by atoms with Crippen molar-refractivity contribution >= 4 is 27.9 Å². The molecule has 0 saturated carbocycles. The molecule has 3 aromatic rings. The molecular formula is C20H21F3N6O2S. The second-order valence-corrected chi connectivity index (χ2v) is 8.44. The predicted octanol–water partition coefficient (Wildman–Crippen LogP) is 3.17. The number of thiazole rings is 1. The molecule has 3 atom stereocenters. The van der Waals surface area contributed by atoms with Crippen LogP contribution in [-0.2, 0) is 11.8 Å². The van der Waals surface area contributed by atoms with Crippen molar-refractivity contribution in [3.63, 3.8) is 0 Å². The Labute approximate surface area is 185 Å². The molecule has 0 unspecified atom stereocenters. The van der Waals surface area contributed by atoms with E-state index in [2.05, 4.69) is 15.4 Å². The number of amides is 1. The van der Waals surface area contributed by atoms with Crippen molar-refractivity contribution in [3.8, 4) is 10.6 Å². The minimum atomic E-state index is -1.18. The van der Waals surface area contributed by atoms with Gasteiger partial charge in [0, 0.05) is 19.5 Å². The molecule has 170 valence electrons. The first kappa shape index (κ1) is 22.2. The lowest BCUT2D eigenvalue weighted by Crippen LogP contribution is -2.32. The molecule has 1 aliphatic rings.